The summed E-state index contributed by atoms with van der Waals surface area (Å²) >= 11 is 0. The number of alkyl halides is 4. The number of rotatable bonds is 13. The van der Waals surface area contributed by atoms with E-state index in [2.05, 4.69) is 4.52 Å². The number of ether oxygens (including phenoxy) is 1. The van der Waals surface area contributed by atoms with Gasteiger partial charge in [-0.2, -0.15) is 13.2 Å². The van der Waals surface area contributed by atoms with Crippen molar-refractivity contribution >= 4 is 7.82 Å². The predicted octanol–water partition coefficient (Wildman–Crippen LogP) is 5.12. The van der Waals surface area contributed by atoms with Crippen molar-refractivity contribution in [2.24, 2.45) is 5.73 Å². The zero-order valence-corrected chi connectivity index (χ0v) is 19.7. The summed E-state index contributed by atoms with van der Waals surface area (Å²) in [4.78, 5) is 17.7. The lowest BCUT2D eigenvalue weighted by Crippen LogP contribution is -2.45. The summed E-state index contributed by atoms with van der Waals surface area (Å²) in [7, 11) is -4.82. The molecule has 34 heavy (non-hydrogen) atoms. The molecule has 0 amide bonds. The Morgan fingerprint density at radius 1 is 1.03 bits per heavy atom. The number of phosphoric ester groups is 1. The van der Waals surface area contributed by atoms with Crippen molar-refractivity contribution in [2.45, 2.75) is 50.7 Å². The van der Waals surface area contributed by atoms with Crippen LogP contribution in [0.4, 0.5) is 17.6 Å². The van der Waals surface area contributed by atoms with Gasteiger partial charge in [-0.15, -0.1) is 0 Å². The van der Waals surface area contributed by atoms with Crippen LogP contribution in [-0.2, 0) is 28.1 Å². The first-order valence-corrected chi connectivity index (χ1v) is 12.3. The van der Waals surface area contributed by atoms with Gasteiger partial charge in [-0.05, 0) is 62.3 Å². The molecule has 0 aliphatic heterocycles. The Balaban J connectivity index is 2.04. The summed E-state index contributed by atoms with van der Waals surface area (Å²) in [6, 6.07) is 11.5. The minimum Gasteiger partial charge on any atom is -0.493 e. The predicted molar refractivity (Wildman–Crippen MR) is 120 cm³/mol. The van der Waals surface area contributed by atoms with E-state index in [0.29, 0.717) is 12.8 Å². The van der Waals surface area contributed by atoms with Gasteiger partial charge in [0.2, 0.25) is 0 Å². The Morgan fingerprint density at radius 3 is 2.35 bits per heavy atom. The third-order valence-corrected chi connectivity index (χ3v) is 5.79. The average Bonchev–Trinajstić information content (AvgIpc) is 2.74. The molecule has 0 radical (unpaired) electrons. The van der Waals surface area contributed by atoms with Gasteiger partial charge in [-0.25, -0.2) is 4.57 Å². The summed E-state index contributed by atoms with van der Waals surface area (Å²) in [5.41, 5.74) is 6.09. The highest BCUT2D eigenvalue weighted by Crippen LogP contribution is 2.39. The summed E-state index contributed by atoms with van der Waals surface area (Å²) in [6.07, 6.45) is -3.71. The smallest absolute Gasteiger partial charge is 0.469 e. The van der Waals surface area contributed by atoms with Gasteiger partial charge in [0.05, 0.1) is 25.5 Å². The van der Waals surface area contributed by atoms with E-state index >= 15 is 0 Å². The second-order valence-corrected chi connectivity index (χ2v) is 9.57. The van der Waals surface area contributed by atoms with Crippen LogP contribution in [0.1, 0.15) is 41.5 Å². The Labute approximate surface area is 196 Å². The fourth-order valence-corrected chi connectivity index (χ4v) is 3.89. The lowest BCUT2D eigenvalue weighted by molar-refractivity contribution is -0.139. The van der Waals surface area contributed by atoms with Crippen LogP contribution in [0.3, 0.4) is 0 Å². The first-order chi connectivity index (χ1) is 15.8. The molecule has 11 heteroatoms. The van der Waals surface area contributed by atoms with E-state index in [1.165, 1.54) is 12.1 Å². The summed E-state index contributed by atoms with van der Waals surface area (Å²) in [5, 5.41) is 0. The third kappa shape index (κ3) is 9.72. The third-order valence-electron chi connectivity index (χ3n) is 5.32. The van der Waals surface area contributed by atoms with Crippen molar-refractivity contribution in [3.05, 3.63) is 64.7 Å². The maximum Gasteiger partial charge on any atom is 0.469 e. The van der Waals surface area contributed by atoms with Crippen LogP contribution in [0.5, 0.6) is 5.75 Å². The van der Waals surface area contributed by atoms with E-state index in [-0.39, 0.29) is 37.2 Å². The first kappa shape index (κ1) is 28.3. The molecule has 0 saturated carbocycles. The molecule has 0 fully saturated rings. The van der Waals surface area contributed by atoms with Crippen LogP contribution in [0.2, 0.25) is 0 Å². The average molecular weight is 507 g/mol. The van der Waals surface area contributed by atoms with Gasteiger partial charge >= 0.3 is 14.0 Å². The number of hydrogen-bond acceptors (Lipinski definition) is 4. The summed E-state index contributed by atoms with van der Waals surface area (Å²) < 4.78 is 74.6. The van der Waals surface area contributed by atoms with Gasteiger partial charge in [0.15, 0.2) is 0 Å². The highest BCUT2D eigenvalue weighted by Gasteiger charge is 2.35. The van der Waals surface area contributed by atoms with Gasteiger partial charge in [0, 0.05) is 5.54 Å². The van der Waals surface area contributed by atoms with Gasteiger partial charge < -0.3 is 20.3 Å². The highest BCUT2D eigenvalue weighted by molar-refractivity contribution is 7.46. The van der Waals surface area contributed by atoms with Crippen LogP contribution in [0, 0.1) is 6.92 Å². The van der Waals surface area contributed by atoms with Crippen molar-refractivity contribution in [1.82, 2.24) is 0 Å². The maximum atomic E-state index is 13.6. The van der Waals surface area contributed by atoms with Crippen molar-refractivity contribution < 1.29 is 41.2 Å². The Kier molecular flexibility index (Phi) is 10.1. The van der Waals surface area contributed by atoms with E-state index in [9.17, 15) is 22.1 Å². The molecule has 190 valence electrons. The first-order valence-electron chi connectivity index (χ1n) is 10.7. The molecule has 0 aliphatic rings. The molecule has 0 saturated heterocycles. The fraction of sp³-hybridized carbons (Fsp3) is 0.478. The molecule has 0 bridgehead atoms. The molecule has 2 rings (SSSR count). The summed E-state index contributed by atoms with van der Waals surface area (Å²) in [6.45, 7) is 0.576. The number of hydrogen-bond donors (Lipinski definition) is 3. The fourth-order valence-electron chi connectivity index (χ4n) is 3.47. The Morgan fingerprint density at radius 2 is 1.74 bits per heavy atom. The van der Waals surface area contributed by atoms with Gasteiger partial charge in [-0.3, -0.25) is 8.91 Å². The number of aryl methyl sites for hydroxylation is 3. The minimum absolute atomic E-state index is 0.0255. The molecule has 0 aromatic heterocycles. The number of phosphoric acid groups is 1. The number of benzene rings is 2. The Bertz CT molecular complexity index is 982. The number of halogens is 4. The van der Waals surface area contributed by atoms with E-state index in [0.717, 1.165) is 17.2 Å². The topological polar surface area (TPSA) is 102 Å². The molecule has 1 atom stereocenters. The van der Waals surface area contributed by atoms with Crippen LogP contribution < -0.4 is 10.5 Å². The quantitative estimate of drug-likeness (QED) is 0.198. The SMILES string of the molecule is Cc1cccc(CCCOc2ccc(CCC(N)(CCF)COP(=O)(O)O)cc2C(F)(F)F)c1. The minimum atomic E-state index is -4.82. The second kappa shape index (κ2) is 12.1. The molecule has 1 unspecified atom stereocenters. The summed E-state index contributed by atoms with van der Waals surface area (Å²) in [5.74, 6) is -0.284. The zero-order valence-electron chi connectivity index (χ0n) is 18.9. The van der Waals surface area contributed by atoms with Crippen LogP contribution in [0.15, 0.2) is 42.5 Å². The molecule has 0 heterocycles. The highest BCUT2D eigenvalue weighted by atomic mass is 31.2. The lowest BCUT2D eigenvalue weighted by atomic mass is 9.90. The van der Waals surface area contributed by atoms with Crippen LogP contribution >= 0.6 is 7.82 Å². The Hall–Kier alpha value is -1.97. The molecule has 2 aromatic rings. The van der Waals surface area contributed by atoms with Crippen LogP contribution in [-0.4, -0.2) is 35.2 Å². The van der Waals surface area contributed by atoms with Gasteiger partial charge in [0.1, 0.15) is 5.75 Å². The molecular formula is C23H30F4NO5P. The van der Waals surface area contributed by atoms with Crippen molar-refractivity contribution in [2.75, 3.05) is 19.9 Å². The maximum absolute atomic E-state index is 13.6. The molecule has 0 spiro atoms. The van der Waals surface area contributed by atoms with E-state index < -0.39 is 38.4 Å². The molecule has 6 nitrogen and oxygen atoms in total. The largest absolute Gasteiger partial charge is 0.493 e. The van der Waals surface area contributed by atoms with Gasteiger partial charge in [0.25, 0.3) is 0 Å². The van der Waals surface area contributed by atoms with Crippen molar-refractivity contribution in [3.8, 4) is 5.75 Å². The van der Waals surface area contributed by atoms with E-state index in [4.69, 9.17) is 20.3 Å². The van der Waals surface area contributed by atoms with E-state index in [1.807, 2.05) is 31.2 Å². The molecule has 4 N–H and O–H groups in total. The van der Waals surface area contributed by atoms with Crippen molar-refractivity contribution in [3.63, 3.8) is 0 Å². The van der Waals surface area contributed by atoms with Gasteiger partial charge in [-0.1, -0.05) is 35.9 Å². The standard InChI is InChI=1S/C23H30F4NO5P/c1-17-4-2-5-18(14-17)6-3-13-32-21-8-7-19(15-20(21)23(25,26)27)9-10-22(28,11-12-24)16-33-34(29,30)31/h2,4-5,7-8,14-15H,3,6,9-13,16,28H2,1H3,(H2,29,30,31). The molecule has 2 aromatic carbocycles. The van der Waals surface area contributed by atoms with Crippen LogP contribution in [0.25, 0.3) is 0 Å². The number of nitrogens with two attached hydrogens (primary N) is 1. The monoisotopic (exact) mass is 507 g/mol. The normalized spacial score (nSPS) is 14.1. The lowest BCUT2D eigenvalue weighted by Gasteiger charge is -2.28. The van der Waals surface area contributed by atoms with Crippen molar-refractivity contribution in [1.29, 1.82) is 0 Å². The second-order valence-electron chi connectivity index (χ2n) is 8.33. The molecular weight excluding hydrogens is 477 g/mol. The molecule has 0 aliphatic carbocycles. The zero-order chi connectivity index (χ0) is 25.4. The van der Waals surface area contributed by atoms with E-state index in [1.54, 1.807) is 0 Å².